The smallest absolute Gasteiger partial charge is 0.256 e. The van der Waals surface area contributed by atoms with Crippen molar-refractivity contribution in [3.8, 4) is 11.3 Å². The first-order valence-electron chi connectivity index (χ1n) is 9.41. The van der Waals surface area contributed by atoms with Crippen LogP contribution in [0.25, 0.3) is 21.3 Å². The van der Waals surface area contributed by atoms with Gasteiger partial charge >= 0.3 is 6.18 Å². The molecule has 1 aliphatic rings. The van der Waals surface area contributed by atoms with Gasteiger partial charge in [0.2, 0.25) is 0 Å². The SMILES string of the molecule is CC(c1ccnc(-c2cccc3cc(CC4=C(Cl)CCC=C4)sc23)c1)C(F)(F)F. The fraction of sp³-hybridized carbons (Fsp3) is 0.261. The summed E-state index contributed by atoms with van der Waals surface area (Å²) in [4.78, 5) is 5.53. The molecule has 2 aromatic heterocycles. The molecule has 0 fully saturated rings. The lowest BCUT2D eigenvalue weighted by atomic mass is 9.99. The van der Waals surface area contributed by atoms with E-state index in [0.717, 1.165) is 45.5 Å². The predicted molar refractivity (Wildman–Crippen MR) is 114 cm³/mol. The van der Waals surface area contributed by atoms with E-state index in [1.807, 2.05) is 18.2 Å². The second-order valence-electron chi connectivity index (χ2n) is 7.22. The summed E-state index contributed by atoms with van der Waals surface area (Å²) in [5.41, 5.74) is 2.77. The molecule has 0 N–H and O–H groups in total. The molecule has 1 unspecified atom stereocenters. The predicted octanol–water partition coefficient (Wildman–Crippen LogP) is 8.01. The highest BCUT2D eigenvalue weighted by Gasteiger charge is 2.37. The topological polar surface area (TPSA) is 12.9 Å². The Morgan fingerprint density at radius 2 is 2.03 bits per heavy atom. The molecule has 0 aliphatic heterocycles. The summed E-state index contributed by atoms with van der Waals surface area (Å²) in [5.74, 6) is -1.53. The number of halogens is 4. The maximum absolute atomic E-state index is 13.1. The summed E-state index contributed by atoms with van der Waals surface area (Å²) in [7, 11) is 0. The van der Waals surface area contributed by atoms with Gasteiger partial charge in [0.25, 0.3) is 0 Å². The Labute approximate surface area is 176 Å². The molecule has 1 aromatic carbocycles. The zero-order valence-electron chi connectivity index (χ0n) is 15.8. The summed E-state index contributed by atoms with van der Waals surface area (Å²) in [5, 5.41) is 1.97. The minimum atomic E-state index is -4.28. The van der Waals surface area contributed by atoms with Gasteiger partial charge in [-0.15, -0.1) is 11.3 Å². The third-order valence-electron chi connectivity index (χ3n) is 5.21. The number of pyridine rings is 1. The van der Waals surface area contributed by atoms with Crippen LogP contribution in [0.5, 0.6) is 0 Å². The van der Waals surface area contributed by atoms with Crippen LogP contribution in [-0.2, 0) is 6.42 Å². The average Bonchev–Trinajstić information content (AvgIpc) is 3.11. The number of fused-ring (bicyclic) bond motifs is 1. The lowest BCUT2D eigenvalue weighted by molar-refractivity contribution is -0.146. The van der Waals surface area contributed by atoms with Crippen LogP contribution in [0.4, 0.5) is 13.2 Å². The van der Waals surface area contributed by atoms with Crippen LogP contribution in [0.1, 0.15) is 36.1 Å². The summed E-state index contributed by atoms with van der Waals surface area (Å²) >= 11 is 8.02. The molecular weight excluding hydrogens is 415 g/mol. The van der Waals surface area contributed by atoms with E-state index in [1.54, 1.807) is 17.4 Å². The fourth-order valence-corrected chi connectivity index (χ4v) is 4.93. The van der Waals surface area contributed by atoms with E-state index in [-0.39, 0.29) is 5.56 Å². The highest BCUT2D eigenvalue weighted by atomic mass is 35.5. The molecule has 1 nitrogen and oxygen atoms in total. The number of thiophene rings is 1. The van der Waals surface area contributed by atoms with Crippen LogP contribution in [0.3, 0.4) is 0 Å². The molecule has 0 radical (unpaired) electrons. The molecule has 1 aliphatic carbocycles. The Kier molecular flexibility index (Phi) is 5.54. The third kappa shape index (κ3) is 4.26. The van der Waals surface area contributed by atoms with Gasteiger partial charge < -0.3 is 0 Å². The van der Waals surface area contributed by atoms with Crippen LogP contribution in [-0.4, -0.2) is 11.2 Å². The molecule has 4 rings (SSSR count). The zero-order valence-corrected chi connectivity index (χ0v) is 17.3. The standard InChI is InChI=1S/C23H19ClF3NS/c1-14(23(25,26)27)15-9-10-28-21(13-15)19-7-4-6-17-12-18(29-22(17)19)11-16-5-2-3-8-20(16)24/h2,4-7,9-10,12-14H,3,8,11H2,1H3. The average molecular weight is 434 g/mol. The number of aromatic nitrogens is 1. The number of alkyl halides is 3. The van der Waals surface area contributed by atoms with Crippen molar-refractivity contribution in [2.45, 2.75) is 38.3 Å². The van der Waals surface area contributed by atoms with E-state index in [1.165, 1.54) is 24.1 Å². The van der Waals surface area contributed by atoms with Crippen LogP contribution >= 0.6 is 22.9 Å². The summed E-state index contributed by atoms with van der Waals surface area (Å²) in [6.07, 6.45) is 4.00. The second-order valence-corrected chi connectivity index (χ2v) is 8.82. The maximum atomic E-state index is 13.1. The van der Waals surface area contributed by atoms with Crippen molar-refractivity contribution < 1.29 is 13.2 Å². The highest BCUT2D eigenvalue weighted by molar-refractivity contribution is 7.19. The zero-order chi connectivity index (χ0) is 20.6. The van der Waals surface area contributed by atoms with E-state index in [4.69, 9.17) is 11.6 Å². The van der Waals surface area contributed by atoms with Crippen LogP contribution in [0, 0.1) is 0 Å². The molecule has 150 valence electrons. The lowest BCUT2D eigenvalue weighted by Gasteiger charge is -2.16. The molecule has 29 heavy (non-hydrogen) atoms. The van der Waals surface area contributed by atoms with Crippen molar-refractivity contribution in [2.24, 2.45) is 0 Å². The maximum Gasteiger partial charge on any atom is 0.395 e. The van der Waals surface area contributed by atoms with Crippen molar-refractivity contribution in [3.63, 3.8) is 0 Å². The summed E-state index contributed by atoms with van der Waals surface area (Å²) < 4.78 is 40.5. The Hall–Kier alpha value is -2.11. The quantitative estimate of drug-likeness (QED) is 0.406. The summed E-state index contributed by atoms with van der Waals surface area (Å²) in [6, 6.07) is 11.0. The normalized spacial score (nSPS) is 15.9. The Morgan fingerprint density at radius 1 is 1.21 bits per heavy atom. The van der Waals surface area contributed by atoms with Crippen molar-refractivity contribution in [1.29, 1.82) is 0 Å². The Balaban J connectivity index is 1.72. The summed E-state index contributed by atoms with van der Waals surface area (Å²) in [6.45, 7) is 1.18. The number of hydrogen-bond acceptors (Lipinski definition) is 2. The number of allylic oxidation sites excluding steroid dienone is 4. The van der Waals surface area contributed by atoms with Gasteiger partial charge in [0.15, 0.2) is 0 Å². The van der Waals surface area contributed by atoms with Crippen LogP contribution < -0.4 is 0 Å². The number of nitrogens with zero attached hydrogens (tertiary/aromatic N) is 1. The molecule has 6 heteroatoms. The third-order valence-corrected chi connectivity index (χ3v) is 6.82. The van der Waals surface area contributed by atoms with Gasteiger partial charge in [-0.25, -0.2) is 0 Å². The van der Waals surface area contributed by atoms with E-state index >= 15 is 0 Å². The molecule has 0 amide bonds. The molecule has 2 heterocycles. The molecule has 1 atom stereocenters. The highest BCUT2D eigenvalue weighted by Crippen LogP contribution is 2.39. The van der Waals surface area contributed by atoms with E-state index in [2.05, 4.69) is 23.2 Å². The van der Waals surface area contributed by atoms with Crippen molar-refractivity contribution in [1.82, 2.24) is 4.98 Å². The largest absolute Gasteiger partial charge is 0.395 e. The first kappa shape index (κ1) is 20.2. The number of hydrogen-bond donors (Lipinski definition) is 0. The Bertz CT molecular complexity index is 1110. The first-order chi connectivity index (χ1) is 13.8. The van der Waals surface area contributed by atoms with Gasteiger partial charge in [-0.1, -0.05) is 42.0 Å². The van der Waals surface area contributed by atoms with Gasteiger partial charge in [0, 0.05) is 32.8 Å². The Morgan fingerprint density at radius 3 is 2.79 bits per heavy atom. The molecule has 3 aromatic rings. The minimum absolute atomic E-state index is 0.223. The van der Waals surface area contributed by atoms with Gasteiger partial charge in [-0.3, -0.25) is 4.98 Å². The number of benzene rings is 1. The molecule has 0 spiro atoms. The molecule has 0 bridgehead atoms. The van der Waals surface area contributed by atoms with Gasteiger partial charge in [0.05, 0.1) is 11.6 Å². The fourth-order valence-electron chi connectivity index (χ4n) is 3.49. The van der Waals surface area contributed by atoms with Gasteiger partial charge in [0.1, 0.15) is 0 Å². The minimum Gasteiger partial charge on any atom is -0.256 e. The van der Waals surface area contributed by atoms with Crippen LogP contribution in [0.2, 0.25) is 0 Å². The van der Waals surface area contributed by atoms with E-state index < -0.39 is 12.1 Å². The van der Waals surface area contributed by atoms with Gasteiger partial charge in [-0.2, -0.15) is 13.2 Å². The monoisotopic (exact) mass is 433 g/mol. The second kappa shape index (κ2) is 7.96. The van der Waals surface area contributed by atoms with Gasteiger partial charge in [-0.05, 0) is 54.5 Å². The lowest BCUT2D eigenvalue weighted by Crippen LogP contribution is -2.17. The molecule has 0 saturated carbocycles. The van der Waals surface area contributed by atoms with Crippen molar-refractivity contribution in [2.75, 3.05) is 0 Å². The van der Waals surface area contributed by atoms with E-state index in [9.17, 15) is 13.2 Å². The number of rotatable bonds is 4. The molecular formula is C23H19ClF3NS. The van der Waals surface area contributed by atoms with E-state index in [0.29, 0.717) is 5.69 Å². The van der Waals surface area contributed by atoms with Crippen molar-refractivity contribution in [3.05, 3.63) is 75.8 Å². The first-order valence-corrected chi connectivity index (χ1v) is 10.6. The van der Waals surface area contributed by atoms with Crippen LogP contribution in [0.15, 0.2) is 65.4 Å². The molecule has 0 saturated heterocycles. The van der Waals surface area contributed by atoms with Crippen molar-refractivity contribution >= 4 is 33.0 Å².